The fourth-order valence-corrected chi connectivity index (χ4v) is 1.31. The van der Waals surface area contributed by atoms with Gasteiger partial charge >= 0.3 is 0 Å². The van der Waals surface area contributed by atoms with Crippen LogP contribution in [0, 0.1) is 6.92 Å². The predicted molar refractivity (Wildman–Crippen MR) is 61.4 cm³/mol. The van der Waals surface area contributed by atoms with E-state index in [1.807, 2.05) is 19.1 Å². The third-order valence-electron chi connectivity index (χ3n) is 2.31. The second-order valence-corrected chi connectivity index (χ2v) is 4.17. The van der Waals surface area contributed by atoms with Gasteiger partial charge in [0.25, 0.3) is 0 Å². The molecular weight excluding hydrogens is 188 g/mol. The maximum absolute atomic E-state index is 10.8. The molecule has 0 heterocycles. The first-order valence-electron chi connectivity index (χ1n) is 5.23. The first-order chi connectivity index (χ1) is 7.00. The third kappa shape index (κ3) is 3.39. The second kappa shape index (κ2) is 4.96. The van der Waals surface area contributed by atoms with E-state index in [9.17, 15) is 4.79 Å². The smallest absolute Gasteiger partial charge is 0.167 e. The van der Waals surface area contributed by atoms with Crippen LogP contribution in [0.3, 0.4) is 0 Å². The van der Waals surface area contributed by atoms with Gasteiger partial charge in [-0.3, -0.25) is 4.79 Å². The molecule has 15 heavy (non-hydrogen) atoms. The molecule has 0 saturated heterocycles. The van der Waals surface area contributed by atoms with E-state index < -0.39 is 0 Å². The van der Waals surface area contributed by atoms with Gasteiger partial charge < -0.3 is 4.74 Å². The molecule has 1 aromatic rings. The van der Waals surface area contributed by atoms with E-state index in [0.29, 0.717) is 5.92 Å². The van der Waals surface area contributed by atoms with Crippen molar-refractivity contribution in [1.29, 1.82) is 0 Å². The molecule has 0 N–H and O–H groups in total. The molecule has 0 atom stereocenters. The number of ketones is 1. The fourth-order valence-electron chi connectivity index (χ4n) is 1.31. The zero-order valence-electron chi connectivity index (χ0n) is 9.83. The van der Waals surface area contributed by atoms with Gasteiger partial charge in [-0.25, -0.2) is 0 Å². The summed E-state index contributed by atoms with van der Waals surface area (Å²) < 4.78 is 5.44. The minimum absolute atomic E-state index is 0.0457. The molecule has 0 spiro atoms. The molecule has 0 bridgehead atoms. The number of carbonyl (C=O) groups excluding carboxylic acids is 1. The molecule has 1 aromatic carbocycles. The molecule has 82 valence electrons. The molecule has 2 nitrogen and oxygen atoms in total. The molecule has 0 aliphatic rings. The monoisotopic (exact) mass is 206 g/mol. The lowest BCUT2D eigenvalue weighted by Gasteiger charge is -2.11. The van der Waals surface area contributed by atoms with Crippen LogP contribution < -0.4 is 4.74 Å². The summed E-state index contributed by atoms with van der Waals surface area (Å²) in [7, 11) is 0. The number of aryl methyl sites for hydroxylation is 1. The summed E-state index contributed by atoms with van der Waals surface area (Å²) in [6, 6.07) is 6.15. The van der Waals surface area contributed by atoms with Crippen LogP contribution >= 0.6 is 0 Å². The Morgan fingerprint density at radius 2 is 2.07 bits per heavy atom. The Bertz CT molecular complexity index is 354. The zero-order chi connectivity index (χ0) is 11.4. The Kier molecular flexibility index (Phi) is 3.89. The van der Waals surface area contributed by atoms with Crippen molar-refractivity contribution in [2.24, 2.45) is 0 Å². The molecule has 1 rings (SSSR count). The van der Waals surface area contributed by atoms with Gasteiger partial charge in [-0.1, -0.05) is 26.0 Å². The van der Waals surface area contributed by atoms with Gasteiger partial charge in [-0.2, -0.15) is 0 Å². The normalized spacial score (nSPS) is 10.5. The maximum Gasteiger partial charge on any atom is 0.167 e. The van der Waals surface area contributed by atoms with Crippen LogP contribution in [0.15, 0.2) is 18.2 Å². The molecule has 0 aliphatic heterocycles. The van der Waals surface area contributed by atoms with E-state index in [1.165, 1.54) is 12.5 Å². The highest BCUT2D eigenvalue weighted by molar-refractivity contribution is 5.77. The Balaban J connectivity index is 2.85. The number of benzene rings is 1. The molecule has 0 saturated carbocycles. The van der Waals surface area contributed by atoms with Crippen molar-refractivity contribution in [2.75, 3.05) is 6.61 Å². The highest BCUT2D eigenvalue weighted by Crippen LogP contribution is 2.24. The van der Waals surface area contributed by atoms with Gasteiger partial charge in [0, 0.05) is 0 Å². The Hall–Kier alpha value is -1.31. The average Bonchev–Trinajstić information content (AvgIpc) is 2.16. The fraction of sp³-hybridized carbons (Fsp3) is 0.462. The molecular formula is C13H18O2. The van der Waals surface area contributed by atoms with Gasteiger partial charge in [0.2, 0.25) is 0 Å². The van der Waals surface area contributed by atoms with Crippen LogP contribution in [0.2, 0.25) is 0 Å². The van der Waals surface area contributed by atoms with Gasteiger partial charge in [0.15, 0.2) is 5.78 Å². The summed E-state index contributed by atoms with van der Waals surface area (Å²) in [6.45, 7) is 7.95. The standard InChI is InChI=1S/C13H18O2/c1-9(2)12-6-5-10(3)13(7-12)15-8-11(4)14/h5-7,9H,8H2,1-4H3. The quantitative estimate of drug-likeness (QED) is 0.756. The Morgan fingerprint density at radius 1 is 1.40 bits per heavy atom. The van der Waals surface area contributed by atoms with Crippen LogP contribution in [-0.4, -0.2) is 12.4 Å². The molecule has 0 aromatic heterocycles. The maximum atomic E-state index is 10.8. The van der Waals surface area contributed by atoms with Crippen LogP contribution in [0.1, 0.15) is 37.8 Å². The minimum Gasteiger partial charge on any atom is -0.486 e. The topological polar surface area (TPSA) is 26.3 Å². The number of rotatable bonds is 4. The van der Waals surface area contributed by atoms with Gasteiger partial charge in [0.1, 0.15) is 12.4 Å². The van der Waals surface area contributed by atoms with Crippen LogP contribution in [0.25, 0.3) is 0 Å². The first kappa shape index (κ1) is 11.8. The van der Waals surface area contributed by atoms with E-state index in [0.717, 1.165) is 11.3 Å². The summed E-state index contributed by atoms with van der Waals surface area (Å²) in [5, 5.41) is 0. The lowest BCUT2D eigenvalue weighted by Crippen LogP contribution is -2.07. The summed E-state index contributed by atoms with van der Waals surface area (Å²) in [5.41, 5.74) is 2.31. The summed E-state index contributed by atoms with van der Waals surface area (Å²) in [5.74, 6) is 1.34. The lowest BCUT2D eigenvalue weighted by molar-refractivity contribution is -0.118. The van der Waals surface area contributed by atoms with Crippen molar-refractivity contribution >= 4 is 5.78 Å². The van der Waals surface area contributed by atoms with Crippen molar-refractivity contribution in [3.05, 3.63) is 29.3 Å². The zero-order valence-corrected chi connectivity index (χ0v) is 9.83. The molecule has 0 aliphatic carbocycles. The molecule has 0 unspecified atom stereocenters. The number of hydrogen-bond acceptors (Lipinski definition) is 2. The Morgan fingerprint density at radius 3 is 2.60 bits per heavy atom. The van der Waals surface area contributed by atoms with E-state index in [4.69, 9.17) is 4.74 Å². The van der Waals surface area contributed by atoms with Crippen molar-refractivity contribution in [3.63, 3.8) is 0 Å². The van der Waals surface area contributed by atoms with Crippen LogP contribution in [0.5, 0.6) is 5.75 Å². The first-order valence-corrected chi connectivity index (χ1v) is 5.23. The lowest BCUT2D eigenvalue weighted by atomic mass is 10.0. The molecule has 0 radical (unpaired) electrons. The van der Waals surface area contributed by atoms with Crippen LogP contribution in [0.4, 0.5) is 0 Å². The van der Waals surface area contributed by atoms with Gasteiger partial charge in [-0.05, 0) is 37.0 Å². The summed E-state index contributed by atoms with van der Waals surface area (Å²) in [4.78, 5) is 10.8. The van der Waals surface area contributed by atoms with Crippen LogP contribution in [-0.2, 0) is 4.79 Å². The van der Waals surface area contributed by atoms with E-state index in [2.05, 4.69) is 19.9 Å². The molecule has 0 amide bonds. The van der Waals surface area contributed by atoms with Crippen molar-refractivity contribution in [1.82, 2.24) is 0 Å². The third-order valence-corrected chi connectivity index (χ3v) is 2.31. The average molecular weight is 206 g/mol. The summed E-state index contributed by atoms with van der Waals surface area (Å²) in [6.07, 6.45) is 0. The number of carbonyl (C=O) groups is 1. The Labute approximate surface area is 91.3 Å². The van der Waals surface area contributed by atoms with Crippen molar-refractivity contribution in [3.8, 4) is 5.75 Å². The summed E-state index contributed by atoms with van der Waals surface area (Å²) >= 11 is 0. The highest BCUT2D eigenvalue weighted by atomic mass is 16.5. The van der Waals surface area contributed by atoms with E-state index in [-0.39, 0.29) is 12.4 Å². The van der Waals surface area contributed by atoms with E-state index >= 15 is 0 Å². The largest absolute Gasteiger partial charge is 0.486 e. The van der Waals surface area contributed by atoms with Gasteiger partial charge in [0.05, 0.1) is 0 Å². The minimum atomic E-state index is 0.0457. The van der Waals surface area contributed by atoms with Gasteiger partial charge in [-0.15, -0.1) is 0 Å². The second-order valence-electron chi connectivity index (χ2n) is 4.17. The SMILES string of the molecule is CC(=O)COc1cc(C(C)C)ccc1C. The number of ether oxygens (including phenoxy) is 1. The van der Waals surface area contributed by atoms with Crippen molar-refractivity contribution in [2.45, 2.75) is 33.6 Å². The van der Waals surface area contributed by atoms with E-state index in [1.54, 1.807) is 0 Å². The predicted octanol–water partition coefficient (Wildman–Crippen LogP) is 3.09. The van der Waals surface area contributed by atoms with Crippen molar-refractivity contribution < 1.29 is 9.53 Å². The number of Topliss-reactive ketones (excluding diaryl/α,β-unsaturated/α-hetero) is 1. The molecule has 0 fully saturated rings. The molecule has 2 heteroatoms. The number of hydrogen-bond donors (Lipinski definition) is 0. The highest BCUT2D eigenvalue weighted by Gasteiger charge is 2.05.